The summed E-state index contributed by atoms with van der Waals surface area (Å²) in [4.78, 5) is 11.7. The molecule has 1 saturated heterocycles. The molecule has 0 N–H and O–H groups in total. The Morgan fingerprint density at radius 2 is 2.00 bits per heavy atom. The molecule has 3 heteroatoms. The second-order valence-electron chi connectivity index (χ2n) is 4.66. The molecule has 1 aliphatic rings. The highest BCUT2D eigenvalue weighted by Crippen LogP contribution is 2.29. The van der Waals surface area contributed by atoms with Crippen molar-refractivity contribution in [3.8, 4) is 0 Å². The Bertz CT molecular complexity index is 375. The zero-order valence-corrected chi connectivity index (χ0v) is 10.8. The van der Waals surface area contributed by atoms with E-state index < -0.39 is 0 Å². The zero-order chi connectivity index (χ0) is 12.8. The maximum absolute atomic E-state index is 11.7. The molecule has 1 fully saturated rings. The quantitative estimate of drug-likeness (QED) is 0.421. The molecular formula is C15H20O3. The van der Waals surface area contributed by atoms with Crippen LogP contribution in [-0.4, -0.2) is 18.4 Å². The summed E-state index contributed by atoms with van der Waals surface area (Å²) in [6.07, 6.45) is 5.67. The second kappa shape index (κ2) is 6.55. The SMILES string of the molecule is CCCCCCC1OC1OC(=O)c1ccccc1. The average molecular weight is 248 g/mol. The number of hydrogen-bond acceptors (Lipinski definition) is 3. The van der Waals surface area contributed by atoms with Crippen LogP contribution in [0.1, 0.15) is 49.4 Å². The lowest BCUT2D eigenvalue weighted by molar-refractivity contribution is 0.0297. The lowest BCUT2D eigenvalue weighted by Gasteiger charge is -2.01. The highest BCUT2D eigenvalue weighted by Gasteiger charge is 2.41. The monoisotopic (exact) mass is 248 g/mol. The number of rotatable bonds is 7. The van der Waals surface area contributed by atoms with Crippen molar-refractivity contribution in [2.75, 3.05) is 0 Å². The molecule has 0 spiro atoms. The number of epoxide rings is 1. The molecule has 0 bridgehead atoms. The fourth-order valence-electron chi connectivity index (χ4n) is 1.95. The Balaban J connectivity index is 1.65. The third kappa shape index (κ3) is 3.84. The largest absolute Gasteiger partial charge is 0.429 e. The van der Waals surface area contributed by atoms with Gasteiger partial charge in [-0.1, -0.05) is 50.8 Å². The van der Waals surface area contributed by atoms with Gasteiger partial charge in [0.15, 0.2) is 0 Å². The van der Waals surface area contributed by atoms with Crippen molar-refractivity contribution in [2.24, 2.45) is 0 Å². The van der Waals surface area contributed by atoms with Crippen molar-refractivity contribution >= 4 is 5.97 Å². The fourth-order valence-corrected chi connectivity index (χ4v) is 1.95. The van der Waals surface area contributed by atoms with Crippen molar-refractivity contribution in [1.82, 2.24) is 0 Å². The van der Waals surface area contributed by atoms with Crippen LogP contribution in [-0.2, 0) is 9.47 Å². The third-order valence-electron chi connectivity index (χ3n) is 3.11. The predicted octanol–water partition coefficient (Wildman–Crippen LogP) is 3.54. The standard InChI is InChI=1S/C15H20O3/c1-2-3-4-8-11-13-15(17-13)18-14(16)12-9-6-5-7-10-12/h5-7,9-10,13,15H,2-4,8,11H2,1H3. The highest BCUT2D eigenvalue weighted by atomic mass is 16.8. The topological polar surface area (TPSA) is 38.8 Å². The van der Waals surface area contributed by atoms with Crippen LogP contribution in [0, 0.1) is 0 Å². The van der Waals surface area contributed by atoms with Gasteiger partial charge in [-0.15, -0.1) is 0 Å². The van der Waals surface area contributed by atoms with E-state index in [4.69, 9.17) is 9.47 Å². The van der Waals surface area contributed by atoms with Gasteiger partial charge in [0.05, 0.1) is 5.56 Å². The van der Waals surface area contributed by atoms with Crippen LogP contribution < -0.4 is 0 Å². The first-order chi connectivity index (χ1) is 8.81. The molecule has 1 heterocycles. The molecular weight excluding hydrogens is 228 g/mol. The number of ether oxygens (including phenoxy) is 2. The molecule has 98 valence electrons. The minimum atomic E-state index is -0.320. The van der Waals surface area contributed by atoms with Gasteiger partial charge in [-0.25, -0.2) is 4.79 Å². The molecule has 3 nitrogen and oxygen atoms in total. The Kier molecular flexibility index (Phi) is 4.76. The van der Waals surface area contributed by atoms with Crippen molar-refractivity contribution in [3.63, 3.8) is 0 Å². The summed E-state index contributed by atoms with van der Waals surface area (Å²) in [5, 5.41) is 0. The zero-order valence-electron chi connectivity index (χ0n) is 10.8. The van der Waals surface area contributed by atoms with Gasteiger partial charge >= 0.3 is 5.97 Å². The van der Waals surface area contributed by atoms with Crippen LogP contribution in [0.2, 0.25) is 0 Å². The Morgan fingerprint density at radius 3 is 2.72 bits per heavy atom. The summed E-state index contributed by atoms with van der Waals surface area (Å²) in [7, 11) is 0. The fraction of sp³-hybridized carbons (Fsp3) is 0.533. The number of unbranched alkanes of at least 4 members (excludes halogenated alkanes) is 3. The van der Waals surface area contributed by atoms with Crippen LogP contribution in [0.25, 0.3) is 0 Å². The number of carbonyl (C=O) groups excluding carboxylic acids is 1. The highest BCUT2D eigenvalue weighted by molar-refractivity contribution is 5.89. The predicted molar refractivity (Wildman–Crippen MR) is 69.3 cm³/mol. The molecule has 1 aromatic rings. The van der Waals surface area contributed by atoms with Gasteiger partial charge in [-0.3, -0.25) is 0 Å². The van der Waals surface area contributed by atoms with Crippen LogP contribution in [0.4, 0.5) is 0 Å². The van der Waals surface area contributed by atoms with E-state index in [1.807, 2.05) is 18.2 Å². The molecule has 0 saturated carbocycles. The van der Waals surface area contributed by atoms with E-state index >= 15 is 0 Å². The minimum absolute atomic E-state index is 0.120. The summed E-state index contributed by atoms with van der Waals surface area (Å²) in [5.41, 5.74) is 0.581. The van der Waals surface area contributed by atoms with Crippen molar-refractivity contribution < 1.29 is 14.3 Å². The Hall–Kier alpha value is -1.35. The molecule has 0 aliphatic carbocycles. The molecule has 0 radical (unpaired) electrons. The Morgan fingerprint density at radius 1 is 1.22 bits per heavy atom. The second-order valence-corrected chi connectivity index (χ2v) is 4.66. The van der Waals surface area contributed by atoms with E-state index in [0.717, 1.165) is 12.8 Å². The van der Waals surface area contributed by atoms with Gasteiger partial charge in [0.25, 0.3) is 0 Å². The van der Waals surface area contributed by atoms with Crippen LogP contribution >= 0.6 is 0 Å². The molecule has 2 rings (SSSR count). The van der Waals surface area contributed by atoms with Crippen molar-refractivity contribution in [2.45, 2.75) is 51.4 Å². The summed E-state index contributed by atoms with van der Waals surface area (Å²) < 4.78 is 10.6. The van der Waals surface area contributed by atoms with Gasteiger partial charge in [0, 0.05) is 0 Å². The maximum Gasteiger partial charge on any atom is 0.340 e. The normalized spacial score (nSPS) is 21.6. The van der Waals surface area contributed by atoms with Gasteiger partial charge < -0.3 is 9.47 Å². The van der Waals surface area contributed by atoms with Crippen molar-refractivity contribution in [3.05, 3.63) is 35.9 Å². The van der Waals surface area contributed by atoms with Gasteiger partial charge in [-0.2, -0.15) is 0 Å². The molecule has 2 atom stereocenters. The summed E-state index contributed by atoms with van der Waals surface area (Å²) >= 11 is 0. The lowest BCUT2D eigenvalue weighted by Crippen LogP contribution is -2.09. The van der Waals surface area contributed by atoms with Crippen LogP contribution in [0.15, 0.2) is 30.3 Å². The molecule has 1 aliphatic heterocycles. The van der Waals surface area contributed by atoms with Gasteiger partial charge in [0.2, 0.25) is 6.29 Å². The van der Waals surface area contributed by atoms with E-state index in [2.05, 4.69) is 6.92 Å². The Labute approximate surface area is 108 Å². The van der Waals surface area contributed by atoms with Gasteiger partial charge in [0.1, 0.15) is 6.10 Å². The van der Waals surface area contributed by atoms with E-state index in [9.17, 15) is 4.79 Å². The number of esters is 1. The summed E-state index contributed by atoms with van der Waals surface area (Å²) in [6, 6.07) is 9.03. The van der Waals surface area contributed by atoms with Crippen LogP contribution in [0.3, 0.4) is 0 Å². The third-order valence-corrected chi connectivity index (χ3v) is 3.11. The van der Waals surface area contributed by atoms with Crippen molar-refractivity contribution in [1.29, 1.82) is 0 Å². The van der Waals surface area contributed by atoms with E-state index in [0.29, 0.717) is 5.56 Å². The molecule has 2 unspecified atom stereocenters. The lowest BCUT2D eigenvalue weighted by atomic mass is 10.1. The maximum atomic E-state index is 11.7. The van der Waals surface area contributed by atoms with E-state index in [-0.39, 0.29) is 18.4 Å². The molecule has 0 amide bonds. The van der Waals surface area contributed by atoms with Crippen LogP contribution in [0.5, 0.6) is 0 Å². The number of hydrogen-bond donors (Lipinski definition) is 0. The van der Waals surface area contributed by atoms with E-state index in [1.54, 1.807) is 12.1 Å². The molecule has 18 heavy (non-hydrogen) atoms. The number of benzene rings is 1. The first-order valence-electron chi connectivity index (χ1n) is 6.72. The first kappa shape index (κ1) is 13.1. The smallest absolute Gasteiger partial charge is 0.340 e. The summed E-state index contributed by atoms with van der Waals surface area (Å²) in [6.45, 7) is 2.19. The number of carbonyl (C=O) groups is 1. The minimum Gasteiger partial charge on any atom is -0.429 e. The first-order valence-corrected chi connectivity index (χ1v) is 6.72. The average Bonchev–Trinajstić information content (AvgIpc) is 3.14. The molecule has 1 aromatic carbocycles. The summed E-state index contributed by atoms with van der Waals surface area (Å²) in [5.74, 6) is -0.295. The molecule has 0 aromatic heterocycles. The van der Waals surface area contributed by atoms with Gasteiger partial charge in [-0.05, 0) is 18.6 Å². The van der Waals surface area contributed by atoms with E-state index in [1.165, 1.54) is 19.3 Å².